The Kier molecular flexibility index (Phi) is 5.62. The number of anilines is 1. The molecule has 0 spiro atoms. The zero-order valence-corrected chi connectivity index (χ0v) is 13.4. The second-order valence-corrected chi connectivity index (χ2v) is 5.72. The van der Waals surface area contributed by atoms with Gasteiger partial charge in [0.1, 0.15) is 0 Å². The maximum absolute atomic E-state index is 11.9. The van der Waals surface area contributed by atoms with E-state index in [1.165, 1.54) is 11.3 Å². The SMILES string of the molecule is CCN(CC)c1ccc(CNC(C)C(=O)NC2CC2)cc1. The van der Waals surface area contributed by atoms with E-state index in [-0.39, 0.29) is 11.9 Å². The molecule has 1 aliphatic rings. The molecule has 116 valence electrons. The minimum absolute atomic E-state index is 0.109. The van der Waals surface area contributed by atoms with Gasteiger partial charge < -0.3 is 15.5 Å². The van der Waals surface area contributed by atoms with Crippen LogP contribution >= 0.6 is 0 Å². The molecule has 1 aromatic rings. The van der Waals surface area contributed by atoms with E-state index in [4.69, 9.17) is 0 Å². The second kappa shape index (κ2) is 7.46. The average molecular weight is 289 g/mol. The van der Waals surface area contributed by atoms with Gasteiger partial charge in [-0.3, -0.25) is 4.79 Å². The number of nitrogens with one attached hydrogen (secondary N) is 2. The maximum Gasteiger partial charge on any atom is 0.237 e. The first-order chi connectivity index (χ1) is 10.1. The van der Waals surface area contributed by atoms with Crippen molar-refractivity contribution in [2.75, 3.05) is 18.0 Å². The van der Waals surface area contributed by atoms with Crippen LogP contribution in [-0.4, -0.2) is 31.1 Å². The molecule has 1 amide bonds. The highest BCUT2D eigenvalue weighted by Gasteiger charge is 2.25. The van der Waals surface area contributed by atoms with Crippen LogP contribution in [0.4, 0.5) is 5.69 Å². The highest BCUT2D eigenvalue weighted by molar-refractivity contribution is 5.81. The molecule has 0 aliphatic heterocycles. The van der Waals surface area contributed by atoms with Crippen LogP contribution in [0.5, 0.6) is 0 Å². The van der Waals surface area contributed by atoms with Crippen molar-refractivity contribution in [1.82, 2.24) is 10.6 Å². The molecule has 21 heavy (non-hydrogen) atoms. The fourth-order valence-corrected chi connectivity index (χ4v) is 2.33. The molecule has 4 heteroatoms. The molecule has 1 unspecified atom stereocenters. The number of carbonyl (C=O) groups excluding carboxylic acids is 1. The summed E-state index contributed by atoms with van der Waals surface area (Å²) in [6, 6.07) is 8.85. The lowest BCUT2D eigenvalue weighted by Gasteiger charge is -2.21. The number of hydrogen-bond acceptors (Lipinski definition) is 3. The Hall–Kier alpha value is -1.55. The van der Waals surface area contributed by atoms with Crippen LogP contribution in [0.15, 0.2) is 24.3 Å². The van der Waals surface area contributed by atoms with Gasteiger partial charge in [-0.2, -0.15) is 0 Å². The molecular formula is C17H27N3O. The maximum atomic E-state index is 11.9. The van der Waals surface area contributed by atoms with Crippen molar-refractivity contribution in [3.05, 3.63) is 29.8 Å². The van der Waals surface area contributed by atoms with Crippen LogP contribution in [0.3, 0.4) is 0 Å². The number of nitrogens with zero attached hydrogens (tertiary/aromatic N) is 1. The Balaban J connectivity index is 1.81. The van der Waals surface area contributed by atoms with Crippen molar-refractivity contribution >= 4 is 11.6 Å². The van der Waals surface area contributed by atoms with Crippen LogP contribution < -0.4 is 15.5 Å². The molecule has 0 radical (unpaired) electrons. The summed E-state index contributed by atoms with van der Waals surface area (Å²) < 4.78 is 0. The molecule has 1 aromatic carbocycles. The summed E-state index contributed by atoms with van der Waals surface area (Å²) in [5.41, 5.74) is 2.46. The summed E-state index contributed by atoms with van der Waals surface area (Å²) in [6.07, 6.45) is 2.26. The first-order valence-electron chi connectivity index (χ1n) is 8.01. The van der Waals surface area contributed by atoms with Crippen LogP contribution in [0.2, 0.25) is 0 Å². The molecular weight excluding hydrogens is 262 g/mol. The summed E-state index contributed by atoms with van der Waals surface area (Å²) in [4.78, 5) is 14.2. The minimum Gasteiger partial charge on any atom is -0.372 e. The van der Waals surface area contributed by atoms with Crippen molar-refractivity contribution in [2.45, 2.75) is 52.2 Å². The third kappa shape index (κ3) is 4.74. The van der Waals surface area contributed by atoms with Gasteiger partial charge in [-0.15, -0.1) is 0 Å². The molecule has 2 rings (SSSR count). The fraction of sp³-hybridized carbons (Fsp3) is 0.588. The van der Waals surface area contributed by atoms with Gasteiger partial charge in [-0.1, -0.05) is 12.1 Å². The molecule has 4 nitrogen and oxygen atoms in total. The zero-order chi connectivity index (χ0) is 15.2. The van der Waals surface area contributed by atoms with Crippen molar-refractivity contribution < 1.29 is 4.79 Å². The normalized spacial score (nSPS) is 15.6. The van der Waals surface area contributed by atoms with Crippen molar-refractivity contribution in [1.29, 1.82) is 0 Å². The largest absolute Gasteiger partial charge is 0.372 e. The lowest BCUT2D eigenvalue weighted by atomic mass is 10.1. The smallest absolute Gasteiger partial charge is 0.237 e. The Labute approximate surface area is 127 Å². The van der Waals surface area contributed by atoms with Gasteiger partial charge in [0.2, 0.25) is 5.91 Å². The molecule has 1 atom stereocenters. The van der Waals surface area contributed by atoms with Gasteiger partial charge in [0.05, 0.1) is 6.04 Å². The standard InChI is InChI=1S/C17H27N3O/c1-4-20(5-2)16-10-6-14(7-11-16)12-18-13(3)17(21)19-15-8-9-15/h6-7,10-11,13,15,18H,4-5,8-9,12H2,1-3H3,(H,19,21). The third-order valence-corrected chi connectivity index (χ3v) is 3.99. The lowest BCUT2D eigenvalue weighted by Crippen LogP contribution is -2.42. The van der Waals surface area contributed by atoms with E-state index >= 15 is 0 Å². The van der Waals surface area contributed by atoms with Gasteiger partial charge >= 0.3 is 0 Å². The van der Waals surface area contributed by atoms with Crippen LogP contribution in [0.25, 0.3) is 0 Å². The van der Waals surface area contributed by atoms with Crippen LogP contribution in [0, 0.1) is 0 Å². The molecule has 0 saturated heterocycles. The highest BCUT2D eigenvalue weighted by atomic mass is 16.2. The van der Waals surface area contributed by atoms with Crippen LogP contribution in [0.1, 0.15) is 39.2 Å². The highest BCUT2D eigenvalue weighted by Crippen LogP contribution is 2.18. The monoisotopic (exact) mass is 289 g/mol. The molecule has 1 saturated carbocycles. The van der Waals surface area contributed by atoms with Crippen LogP contribution in [-0.2, 0) is 11.3 Å². The molecule has 0 aromatic heterocycles. The van der Waals surface area contributed by atoms with Gasteiger partial charge in [0.15, 0.2) is 0 Å². The summed E-state index contributed by atoms with van der Waals surface area (Å²) in [6.45, 7) is 9.01. The van der Waals surface area contributed by atoms with E-state index in [0.717, 1.165) is 32.5 Å². The third-order valence-electron chi connectivity index (χ3n) is 3.99. The van der Waals surface area contributed by atoms with E-state index in [9.17, 15) is 4.79 Å². The summed E-state index contributed by atoms with van der Waals surface area (Å²) >= 11 is 0. The van der Waals surface area contributed by atoms with Gasteiger partial charge in [-0.25, -0.2) is 0 Å². The Bertz CT molecular complexity index is 450. The molecule has 1 aliphatic carbocycles. The van der Waals surface area contributed by atoms with E-state index in [2.05, 4.69) is 53.6 Å². The van der Waals surface area contributed by atoms with Crippen molar-refractivity contribution in [3.63, 3.8) is 0 Å². The first-order valence-corrected chi connectivity index (χ1v) is 8.01. The van der Waals surface area contributed by atoms with E-state index in [1.807, 2.05) is 6.92 Å². The first kappa shape index (κ1) is 15.8. The minimum atomic E-state index is -0.145. The van der Waals surface area contributed by atoms with E-state index in [1.54, 1.807) is 0 Å². The number of amides is 1. The van der Waals surface area contributed by atoms with E-state index in [0.29, 0.717) is 6.04 Å². The average Bonchev–Trinajstić information content (AvgIpc) is 3.31. The molecule has 2 N–H and O–H groups in total. The molecule has 0 heterocycles. The summed E-state index contributed by atoms with van der Waals surface area (Å²) in [5.74, 6) is 0.109. The molecule has 0 bridgehead atoms. The van der Waals surface area contributed by atoms with Gasteiger partial charge in [-0.05, 0) is 51.3 Å². The number of benzene rings is 1. The lowest BCUT2D eigenvalue weighted by molar-refractivity contribution is -0.122. The fourth-order valence-electron chi connectivity index (χ4n) is 2.33. The predicted octanol–water partition coefficient (Wildman–Crippen LogP) is 2.29. The topological polar surface area (TPSA) is 44.4 Å². The number of carbonyl (C=O) groups is 1. The van der Waals surface area contributed by atoms with Gasteiger partial charge in [0.25, 0.3) is 0 Å². The number of hydrogen-bond donors (Lipinski definition) is 2. The molecule has 1 fully saturated rings. The van der Waals surface area contributed by atoms with Crippen molar-refractivity contribution in [2.24, 2.45) is 0 Å². The summed E-state index contributed by atoms with van der Waals surface area (Å²) in [5, 5.41) is 6.30. The van der Waals surface area contributed by atoms with Crippen molar-refractivity contribution in [3.8, 4) is 0 Å². The Morgan fingerprint density at radius 2 is 1.86 bits per heavy atom. The predicted molar refractivity (Wildman–Crippen MR) is 87.5 cm³/mol. The number of rotatable bonds is 8. The quantitative estimate of drug-likeness (QED) is 0.772. The summed E-state index contributed by atoms with van der Waals surface area (Å²) in [7, 11) is 0. The Morgan fingerprint density at radius 1 is 1.24 bits per heavy atom. The second-order valence-electron chi connectivity index (χ2n) is 5.72. The zero-order valence-electron chi connectivity index (χ0n) is 13.4. The Morgan fingerprint density at radius 3 is 2.38 bits per heavy atom. The van der Waals surface area contributed by atoms with E-state index < -0.39 is 0 Å². The van der Waals surface area contributed by atoms with Gasteiger partial charge in [0, 0.05) is 31.4 Å².